The first-order valence-corrected chi connectivity index (χ1v) is 19.6. The van der Waals surface area contributed by atoms with Gasteiger partial charge in [-0.1, -0.05) is 33.6 Å². The molecule has 1 fully saturated rings. The first-order chi connectivity index (χ1) is 23.6. The van der Waals surface area contributed by atoms with E-state index >= 15 is 0 Å². The topological polar surface area (TPSA) is 153 Å². The summed E-state index contributed by atoms with van der Waals surface area (Å²) in [5, 5.41) is 16.4. The molecule has 1 saturated heterocycles. The fourth-order valence-electron chi connectivity index (χ4n) is 6.98. The predicted molar refractivity (Wildman–Crippen MR) is 205 cm³/mol. The van der Waals surface area contributed by atoms with Crippen LogP contribution in [0, 0.1) is 11.3 Å². The van der Waals surface area contributed by atoms with Gasteiger partial charge in [-0.2, -0.15) is 0 Å². The Morgan fingerprint density at radius 1 is 0.922 bits per heavy atom. The first kappa shape index (κ1) is 42.3. The molecule has 284 valence electrons. The summed E-state index contributed by atoms with van der Waals surface area (Å²) in [6, 6.07) is 3.95. The fourth-order valence-corrected chi connectivity index (χ4v) is 8.16. The number of phenols is 1. The number of rotatable bonds is 19. The molecule has 0 radical (unpaired) electrons. The van der Waals surface area contributed by atoms with Gasteiger partial charge in [0.2, 0.25) is 10.9 Å². The number of aromatic hydroxyl groups is 1. The average Bonchev–Trinajstić information content (AvgIpc) is 3.71. The number of unbranched alkanes of at least 4 members (excludes halogenated alkanes) is 4. The molecule has 0 spiro atoms. The second-order valence-corrected chi connectivity index (χ2v) is 18.6. The van der Waals surface area contributed by atoms with Crippen LogP contribution in [0.4, 0.5) is 0 Å². The van der Waals surface area contributed by atoms with Crippen molar-refractivity contribution in [1.82, 2.24) is 20.1 Å². The Morgan fingerprint density at radius 3 is 2.29 bits per heavy atom. The van der Waals surface area contributed by atoms with Crippen LogP contribution in [0.25, 0.3) is 10.9 Å². The molecule has 0 aliphatic carbocycles. The largest absolute Gasteiger partial charge is 0.870 e. The number of nitrogens with one attached hydrogen (secondary N) is 2. The summed E-state index contributed by atoms with van der Waals surface area (Å²) in [6.45, 7) is 17.3. The molecule has 2 aromatic rings. The highest BCUT2D eigenvalue weighted by atomic mass is 32.2. The van der Waals surface area contributed by atoms with Crippen molar-refractivity contribution >= 4 is 46.2 Å². The van der Waals surface area contributed by atoms with Gasteiger partial charge in [0.25, 0.3) is 11.8 Å². The second-order valence-electron chi connectivity index (χ2n) is 16.6. The lowest BCUT2D eigenvalue weighted by molar-refractivity contribution is -0.137. The number of imide groups is 1. The number of amides is 3. The zero-order valence-corrected chi connectivity index (χ0v) is 32.7. The Labute approximate surface area is 308 Å². The molecule has 51 heavy (non-hydrogen) atoms. The summed E-state index contributed by atoms with van der Waals surface area (Å²) < 4.78 is 0.121. The van der Waals surface area contributed by atoms with Gasteiger partial charge in [-0.15, -0.1) is 0 Å². The molecular formula is C40H62N4O6S. The van der Waals surface area contributed by atoms with Gasteiger partial charge in [0.05, 0.1) is 5.52 Å². The standard InChI is InChI=1S/C40H60N4O5S.H2O/c1-39(2,3)25-31-30-17-18-33(46)32(37(30)42-38(31)50-40(4,5)6)27-43-24-21-28(26-43)15-16-29(45)13-9-7-11-22-41-34(47)14-10-8-12-23-44-35(48)19-20-36(44)49;/h17-20,28,42,46H,7-16,21-27H2,1-6H3,(H,41,47);1H2/t28-;/m1./s1. The average molecular weight is 727 g/mol. The number of phenolic OH excluding ortho intramolecular Hbond substituents is 1. The molecule has 0 saturated carbocycles. The third-order valence-corrected chi connectivity index (χ3v) is 10.8. The van der Waals surface area contributed by atoms with Gasteiger partial charge in [0.1, 0.15) is 16.3 Å². The maximum Gasteiger partial charge on any atom is 0.253 e. The van der Waals surface area contributed by atoms with Crippen molar-refractivity contribution in [3.63, 3.8) is 0 Å². The number of carbonyl (C=O) groups is 4. The number of ketones is 1. The van der Waals surface area contributed by atoms with Gasteiger partial charge in [-0.3, -0.25) is 29.0 Å². The van der Waals surface area contributed by atoms with Crippen molar-refractivity contribution in [2.75, 3.05) is 26.2 Å². The van der Waals surface area contributed by atoms with Gasteiger partial charge >= 0.3 is 0 Å². The number of thiol groups is 1. The van der Waals surface area contributed by atoms with Crippen LogP contribution in [0.2, 0.25) is 0 Å². The molecule has 1 atom stereocenters. The summed E-state index contributed by atoms with van der Waals surface area (Å²) in [5.41, 5.74) is 3.55. The highest BCUT2D eigenvalue weighted by Gasteiger charge is 2.31. The Morgan fingerprint density at radius 2 is 1.61 bits per heavy atom. The van der Waals surface area contributed by atoms with Crippen LogP contribution in [0.5, 0.6) is 5.75 Å². The number of fused-ring (bicyclic) bond motifs is 1. The quantitative estimate of drug-likeness (QED) is 0.0639. The zero-order chi connectivity index (χ0) is 36.5. The van der Waals surface area contributed by atoms with E-state index in [4.69, 9.17) is 0 Å². The number of aromatic nitrogens is 1. The number of aromatic amines is 1. The fraction of sp³-hybridized carbons (Fsp3) is 0.650. The monoisotopic (exact) mass is 726 g/mol. The van der Waals surface area contributed by atoms with E-state index in [9.17, 15) is 24.3 Å². The lowest BCUT2D eigenvalue weighted by Crippen LogP contribution is -2.30. The van der Waals surface area contributed by atoms with E-state index in [1.165, 1.54) is 44.8 Å². The van der Waals surface area contributed by atoms with Crippen molar-refractivity contribution in [2.24, 2.45) is 11.3 Å². The van der Waals surface area contributed by atoms with Crippen LogP contribution in [-0.4, -0.2) is 79.8 Å². The maximum atomic E-state index is 12.7. The number of carbonyl (C=O) groups excluding carboxylic acids is 4. The van der Waals surface area contributed by atoms with E-state index in [2.05, 4.69) is 62.8 Å². The maximum absolute atomic E-state index is 12.7. The minimum Gasteiger partial charge on any atom is -0.870 e. The summed E-state index contributed by atoms with van der Waals surface area (Å²) in [7, 11) is 0. The van der Waals surface area contributed by atoms with E-state index in [1.807, 2.05) is 6.07 Å². The van der Waals surface area contributed by atoms with E-state index in [0.717, 1.165) is 75.5 Å². The van der Waals surface area contributed by atoms with Crippen LogP contribution >= 0.6 is 0 Å². The van der Waals surface area contributed by atoms with Crippen molar-refractivity contribution in [1.29, 1.82) is 0 Å². The van der Waals surface area contributed by atoms with Crippen molar-refractivity contribution < 1.29 is 29.8 Å². The summed E-state index contributed by atoms with van der Waals surface area (Å²) in [5.74, 6) is 0.672. The number of benzene rings is 1. The molecule has 0 bridgehead atoms. The molecule has 4 N–H and O–H groups in total. The Hall–Kier alpha value is -3.15. The lowest BCUT2D eigenvalue weighted by atomic mass is 9.88. The molecule has 3 amide bonds. The highest BCUT2D eigenvalue weighted by molar-refractivity contribution is 7.80. The number of likely N-dealkylation sites (tertiary alicyclic amines) is 1. The van der Waals surface area contributed by atoms with Crippen LogP contribution in [-0.2, 0) is 43.9 Å². The van der Waals surface area contributed by atoms with Crippen LogP contribution < -0.4 is 5.32 Å². The van der Waals surface area contributed by atoms with E-state index in [0.29, 0.717) is 62.8 Å². The van der Waals surface area contributed by atoms with E-state index in [1.54, 1.807) is 0 Å². The third-order valence-electron chi connectivity index (χ3n) is 9.52. The Kier molecular flexibility index (Phi) is 15.8. The highest BCUT2D eigenvalue weighted by Crippen LogP contribution is 2.37. The van der Waals surface area contributed by atoms with Crippen molar-refractivity contribution in [2.45, 2.75) is 135 Å². The molecule has 11 heteroatoms. The number of Topliss-reactive ketones (excluding diaryl/α,β-unsaturated/α-hetero) is 1. The summed E-state index contributed by atoms with van der Waals surface area (Å²) in [6.07, 6.45) is 12.0. The van der Waals surface area contributed by atoms with Gasteiger partial charge in [-0.25, -0.2) is 0 Å². The molecule has 10 nitrogen and oxygen atoms in total. The molecule has 0 unspecified atom stereocenters. The van der Waals surface area contributed by atoms with Gasteiger partial charge in [-0.05, 0) is 95.7 Å². The second kappa shape index (κ2) is 19.1. The molecule has 2 aliphatic heterocycles. The molecule has 4 rings (SSSR count). The molecule has 1 aromatic heterocycles. The van der Waals surface area contributed by atoms with Gasteiger partial charge in [0, 0.05) is 85.9 Å². The SMILES string of the molecule is CC(C)(C)Cc1c([SH+]C(C)(C)C)[nH]c2c(CN3CC[C@@H](CCC(=O)CCCCCNC(=O)CCCCCN4C(=O)C=CC4=O)C3)c(O)ccc12.[OH-]. The predicted octanol–water partition coefficient (Wildman–Crippen LogP) is 6.59. The van der Waals surface area contributed by atoms with Crippen molar-refractivity contribution in [3.8, 4) is 5.75 Å². The number of hydrogen-bond acceptors (Lipinski definition) is 7. The Bertz CT molecular complexity index is 1520. The van der Waals surface area contributed by atoms with Crippen molar-refractivity contribution in [3.05, 3.63) is 35.4 Å². The number of hydrogen-bond donors (Lipinski definition) is 3. The smallest absolute Gasteiger partial charge is 0.253 e. The van der Waals surface area contributed by atoms with E-state index < -0.39 is 0 Å². The molecule has 2 aliphatic rings. The van der Waals surface area contributed by atoms with Gasteiger partial charge in [0.15, 0.2) is 0 Å². The summed E-state index contributed by atoms with van der Waals surface area (Å²) >= 11 is 1.26. The lowest BCUT2D eigenvalue weighted by Gasteiger charge is -2.19. The molecule has 3 heterocycles. The van der Waals surface area contributed by atoms with Crippen LogP contribution in [0.15, 0.2) is 29.3 Å². The molecule has 1 aromatic carbocycles. The number of nitrogens with zero attached hydrogens (tertiary/aromatic N) is 2. The minimum atomic E-state index is -0.259. The number of H-pyrrole nitrogens is 1. The Balaban J connectivity index is 0.00000702. The summed E-state index contributed by atoms with van der Waals surface area (Å²) in [4.78, 5) is 55.3. The zero-order valence-electron chi connectivity index (χ0n) is 31.8. The van der Waals surface area contributed by atoms with E-state index in [-0.39, 0.29) is 33.4 Å². The third kappa shape index (κ3) is 13.4. The van der Waals surface area contributed by atoms with Crippen LogP contribution in [0.3, 0.4) is 0 Å². The first-order valence-electron chi connectivity index (χ1n) is 18.7. The minimum absolute atomic E-state index is 0. The molecular weight excluding hydrogens is 665 g/mol. The van der Waals surface area contributed by atoms with Gasteiger partial charge < -0.3 is 20.9 Å². The van der Waals surface area contributed by atoms with Crippen LogP contribution in [0.1, 0.15) is 123 Å². The normalized spacial score (nSPS) is 16.7.